The van der Waals surface area contributed by atoms with Gasteiger partial charge in [-0.25, -0.2) is 4.79 Å². The normalized spacial score (nSPS) is 15.9. The van der Waals surface area contributed by atoms with Crippen LogP contribution in [0.15, 0.2) is 78.9 Å². The summed E-state index contributed by atoms with van der Waals surface area (Å²) in [5.74, 6) is 0.947. The van der Waals surface area contributed by atoms with Crippen LogP contribution < -0.4 is 20.9 Å². The number of amides is 8. The highest BCUT2D eigenvalue weighted by atomic mass is 16.6. The quantitative estimate of drug-likeness (QED) is 0.0380. The second-order valence-electron chi connectivity index (χ2n) is 26.0. The minimum atomic E-state index is -1.18. The van der Waals surface area contributed by atoms with Gasteiger partial charge < -0.3 is 74.0 Å². The number of ether oxygens (including phenoxy) is 6. The number of nitrogens with zero attached hydrogens (tertiary/aromatic N) is 5. The van der Waals surface area contributed by atoms with Gasteiger partial charge in [0.2, 0.25) is 47.3 Å². The van der Waals surface area contributed by atoms with Gasteiger partial charge in [-0.2, -0.15) is 0 Å². The number of fused-ring (bicyclic) bond motifs is 2. The van der Waals surface area contributed by atoms with E-state index in [1.807, 2.05) is 96.1 Å². The summed E-state index contributed by atoms with van der Waals surface area (Å²) in [5, 5.41) is 18.5. The fourth-order valence-electron chi connectivity index (χ4n) is 12.5. The summed E-state index contributed by atoms with van der Waals surface area (Å²) in [6.45, 7) is 16.8. The highest BCUT2D eigenvalue weighted by Crippen LogP contribution is 2.31. The van der Waals surface area contributed by atoms with E-state index in [9.17, 15) is 48.3 Å². The number of benzene rings is 3. The molecule has 1 saturated heterocycles. The number of carboxylic acid groups (broad SMARTS) is 1. The molecular formula is C74H108N8O16. The summed E-state index contributed by atoms with van der Waals surface area (Å²) in [6.07, 6.45) is 0.736. The first-order chi connectivity index (χ1) is 46.9. The molecule has 0 aromatic heterocycles. The van der Waals surface area contributed by atoms with Crippen LogP contribution in [0.3, 0.4) is 0 Å². The molecule has 2 aliphatic rings. The molecule has 0 spiro atoms. The monoisotopic (exact) mass is 1360 g/mol. The molecule has 5 rings (SSSR count). The molecule has 9 atom stereocenters. The van der Waals surface area contributed by atoms with Crippen molar-refractivity contribution in [2.24, 2.45) is 23.7 Å². The zero-order valence-corrected chi connectivity index (χ0v) is 59.7. The number of hydrogen-bond acceptors (Lipinski definition) is 15. The Hall–Kier alpha value is -7.79. The van der Waals surface area contributed by atoms with Crippen molar-refractivity contribution in [2.45, 2.75) is 162 Å². The number of nitrogens with one attached hydrogen (secondary N) is 3. The fourth-order valence-corrected chi connectivity index (χ4v) is 12.5. The van der Waals surface area contributed by atoms with E-state index in [1.165, 1.54) is 19.1 Å². The molecule has 540 valence electrons. The first kappa shape index (κ1) is 80.9. The van der Waals surface area contributed by atoms with E-state index in [0.717, 1.165) is 27.9 Å². The van der Waals surface area contributed by atoms with Gasteiger partial charge in [-0.1, -0.05) is 127 Å². The van der Waals surface area contributed by atoms with Crippen LogP contribution >= 0.6 is 0 Å². The molecule has 0 bridgehead atoms. The zero-order chi connectivity index (χ0) is 71.8. The summed E-state index contributed by atoms with van der Waals surface area (Å²) in [5.41, 5.74) is 4.05. The van der Waals surface area contributed by atoms with Crippen LogP contribution in [0.2, 0.25) is 0 Å². The number of para-hydroxylation sites is 1. The van der Waals surface area contributed by atoms with E-state index in [-0.39, 0.29) is 105 Å². The average molecular weight is 1370 g/mol. The van der Waals surface area contributed by atoms with Crippen LogP contribution in [0.25, 0.3) is 0 Å². The Morgan fingerprint density at radius 2 is 1.26 bits per heavy atom. The van der Waals surface area contributed by atoms with E-state index >= 15 is 0 Å². The van der Waals surface area contributed by atoms with Crippen molar-refractivity contribution in [2.75, 3.05) is 113 Å². The third kappa shape index (κ3) is 24.9. The molecule has 24 heteroatoms. The van der Waals surface area contributed by atoms with Crippen molar-refractivity contribution >= 4 is 58.9 Å². The minimum Gasteiger partial charge on any atom is -0.480 e. The number of aliphatic carboxylic acids is 1. The van der Waals surface area contributed by atoms with Crippen LogP contribution in [-0.2, 0) is 84.5 Å². The van der Waals surface area contributed by atoms with Gasteiger partial charge in [0.1, 0.15) is 18.1 Å². The summed E-state index contributed by atoms with van der Waals surface area (Å²) < 4.78 is 34.4. The zero-order valence-electron chi connectivity index (χ0n) is 59.7. The van der Waals surface area contributed by atoms with Crippen LogP contribution in [0.5, 0.6) is 0 Å². The fraction of sp³-hybridized carbons (Fsp3) is 0.608. The predicted octanol–water partition coefficient (Wildman–Crippen LogP) is 5.88. The van der Waals surface area contributed by atoms with Crippen molar-refractivity contribution in [1.82, 2.24) is 35.6 Å². The first-order valence-electron chi connectivity index (χ1n) is 34.5. The van der Waals surface area contributed by atoms with Crippen LogP contribution in [0.4, 0.5) is 5.69 Å². The maximum Gasteiger partial charge on any atom is 0.326 e. The molecule has 0 saturated carbocycles. The van der Waals surface area contributed by atoms with E-state index in [2.05, 4.69) is 27.8 Å². The molecule has 98 heavy (non-hydrogen) atoms. The van der Waals surface area contributed by atoms with Crippen LogP contribution in [-0.4, -0.2) is 228 Å². The van der Waals surface area contributed by atoms with Crippen molar-refractivity contribution in [3.8, 4) is 11.8 Å². The van der Waals surface area contributed by atoms with E-state index < -0.39 is 72.0 Å². The number of likely N-dealkylation sites (tertiary alicyclic amines) is 1. The van der Waals surface area contributed by atoms with E-state index in [1.54, 1.807) is 71.9 Å². The van der Waals surface area contributed by atoms with Gasteiger partial charge in [-0.05, 0) is 66.3 Å². The molecule has 2 heterocycles. The second-order valence-corrected chi connectivity index (χ2v) is 26.0. The highest BCUT2D eigenvalue weighted by molar-refractivity contribution is 5.97. The Bertz CT molecular complexity index is 3120. The smallest absolute Gasteiger partial charge is 0.326 e. The molecule has 2 aliphatic heterocycles. The molecule has 3 aromatic carbocycles. The molecule has 0 unspecified atom stereocenters. The van der Waals surface area contributed by atoms with Crippen molar-refractivity contribution in [1.29, 1.82) is 0 Å². The number of anilines is 1. The number of carboxylic acids is 1. The molecule has 24 nitrogen and oxygen atoms in total. The second kappa shape index (κ2) is 42.2. The average Bonchev–Trinajstić information content (AvgIpc) is 1.20. The molecule has 3 aromatic rings. The summed E-state index contributed by atoms with van der Waals surface area (Å²) in [7, 11) is 7.83. The lowest BCUT2D eigenvalue weighted by Gasteiger charge is -2.41. The molecule has 0 aliphatic carbocycles. The minimum absolute atomic E-state index is 0.0104. The number of rotatable bonds is 43. The van der Waals surface area contributed by atoms with Crippen molar-refractivity contribution in [3.63, 3.8) is 0 Å². The lowest BCUT2D eigenvalue weighted by molar-refractivity contribution is -0.149. The first-order valence-corrected chi connectivity index (χ1v) is 34.5. The van der Waals surface area contributed by atoms with Gasteiger partial charge in [0.15, 0.2) is 0 Å². The van der Waals surface area contributed by atoms with E-state index in [0.29, 0.717) is 85.1 Å². The number of carbonyl (C=O) groups is 9. The van der Waals surface area contributed by atoms with Crippen LogP contribution in [0, 0.1) is 35.5 Å². The summed E-state index contributed by atoms with van der Waals surface area (Å²) in [6, 6.07) is 20.0. The Kier molecular flexibility index (Phi) is 34.9. The Balaban J connectivity index is 0.960. The number of likely N-dealkylation sites (N-methyl/N-ethyl adjacent to an activating group) is 3. The Labute approximate surface area is 579 Å². The van der Waals surface area contributed by atoms with Crippen LogP contribution in [0.1, 0.15) is 129 Å². The highest BCUT2D eigenvalue weighted by Gasteiger charge is 2.44. The number of methoxy groups -OCH3 is 2. The molecule has 0 radical (unpaired) electrons. The van der Waals surface area contributed by atoms with Gasteiger partial charge in [0, 0.05) is 98.2 Å². The van der Waals surface area contributed by atoms with Gasteiger partial charge >= 0.3 is 5.97 Å². The molecule has 1 fully saturated rings. The summed E-state index contributed by atoms with van der Waals surface area (Å²) >= 11 is 0. The van der Waals surface area contributed by atoms with Crippen molar-refractivity contribution < 1.29 is 76.7 Å². The topological polar surface area (TPSA) is 282 Å². The maximum atomic E-state index is 14.7. The summed E-state index contributed by atoms with van der Waals surface area (Å²) in [4.78, 5) is 130. The van der Waals surface area contributed by atoms with Gasteiger partial charge in [-0.15, -0.1) is 0 Å². The Morgan fingerprint density at radius 3 is 1.88 bits per heavy atom. The van der Waals surface area contributed by atoms with Gasteiger partial charge in [0.05, 0.1) is 102 Å². The van der Waals surface area contributed by atoms with Gasteiger partial charge in [-0.3, -0.25) is 38.4 Å². The lowest BCUT2D eigenvalue weighted by atomic mass is 9.89. The lowest BCUT2D eigenvalue weighted by Crippen LogP contribution is -2.60. The van der Waals surface area contributed by atoms with Gasteiger partial charge in [0.25, 0.3) is 0 Å². The Morgan fingerprint density at radius 1 is 0.653 bits per heavy atom. The van der Waals surface area contributed by atoms with Crippen molar-refractivity contribution in [3.05, 3.63) is 101 Å². The molecule has 4 N–H and O–H groups in total. The molecule has 8 amide bonds. The largest absolute Gasteiger partial charge is 0.480 e. The SMILES string of the molecule is CC[C@H](C)[C@@H]([C@@H](CC(=O)N1CCC[C@H]1[C@H](OC)[C@@H](C)C(=O)N[C@@H](Cc1ccccc1)C(=O)O)OC)N(C)C(=O)[C@@H](NC(=O)[C@H](C(C)C)N(C)C(=O)CCCC(=O)N(C)CCOCCOCCOCCOCCNC(=O)CCC(=O)N1Cc2ccccc2C#Cc2ccccc21)C(C)C. The maximum absolute atomic E-state index is 14.7. The standard InChI is InChI=1S/C74H108N8O16/c1-13-52(6)69(61(93-11)48-66(87)81-37-22-29-60(81)70(94-12)53(7)71(88)76-58(74(91)92)47-54-23-15-14-16-24-54)80(10)73(90)67(50(2)3)77-72(89)68(51(4)5)79(9)64(85)31-21-30-63(84)78(8)38-40-96-42-44-98-46-45-97-43-41-95-39-36-75-62(83)34-35-65(86)82-49-57-27-18-17-25-55(57)32-33-56-26-19-20-28-59(56)82/h14-20,23-28,50-53,58,60-61,67-70H,13,21-22,29-31,34-49H2,1-12H3,(H,75,83)(H,76,88)(H,77,89)(H,91,92)/t52-,53+,58-,60-,61+,67-,68-,69-,70+/m0/s1. The molecular weight excluding hydrogens is 1260 g/mol. The third-order valence-corrected chi connectivity index (χ3v) is 18.3. The third-order valence-electron chi connectivity index (χ3n) is 18.3. The predicted molar refractivity (Wildman–Crippen MR) is 371 cm³/mol. The number of hydrogen-bond donors (Lipinski definition) is 4. The van der Waals surface area contributed by atoms with E-state index in [4.69, 9.17) is 28.4 Å². The number of carbonyl (C=O) groups excluding carboxylic acids is 8.